The topological polar surface area (TPSA) is 21.6 Å². The van der Waals surface area contributed by atoms with Gasteiger partial charge in [0.25, 0.3) is 0 Å². The fourth-order valence-corrected chi connectivity index (χ4v) is 12.0. The van der Waals surface area contributed by atoms with Gasteiger partial charge in [-0.1, -0.05) is 0 Å². The van der Waals surface area contributed by atoms with E-state index in [0.717, 1.165) is 29.8 Å². The Kier molecular flexibility index (Phi) is 6.06. The number of halogens is 2. The predicted molar refractivity (Wildman–Crippen MR) is 158 cm³/mol. The fraction of sp³-hybridized carbons (Fsp3) is 0.0645. The average molecular weight is 624 g/mol. The molecule has 0 aromatic heterocycles. The predicted octanol–water partition coefficient (Wildman–Crippen LogP) is 7.69. The third-order valence-electron chi connectivity index (χ3n) is 6.65. The van der Waals surface area contributed by atoms with Gasteiger partial charge in [-0.25, -0.2) is 0 Å². The van der Waals surface area contributed by atoms with E-state index in [0.29, 0.717) is 0 Å². The first-order valence-corrected chi connectivity index (χ1v) is 19.9. The van der Waals surface area contributed by atoms with Crippen molar-refractivity contribution in [2.45, 2.75) is 6.92 Å². The van der Waals surface area contributed by atoms with Crippen molar-refractivity contribution in [3.05, 3.63) is 108 Å². The van der Waals surface area contributed by atoms with E-state index in [9.17, 15) is 0 Å². The van der Waals surface area contributed by atoms with Gasteiger partial charge in [-0.15, -0.1) is 0 Å². The van der Waals surface area contributed by atoms with E-state index in [1.807, 2.05) is 36.5 Å². The second-order valence-electron chi connectivity index (χ2n) is 8.88. The molecule has 0 N–H and O–H groups in total. The number of aryl methyl sites for hydroxylation is 1. The van der Waals surface area contributed by atoms with Gasteiger partial charge < -0.3 is 0 Å². The van der Waals surface area contributed by atoms with E-state index >= 15 is 0 Å². The summed E-state index contributed by atoms with van der Waals surface area (Å²) in [5, 5.41) is 7.50. The maximum atomic E-state index is 7.18. The summed E-state index contributed by atoms with van der Waals surface area (Å²) in [6.45, 7) is 2.05. The molecule has 5 heteroatoms. The summed E-state index contributed by atoms with van der Waals surface area (Å²) < 4.78 is 7.19. The molecule has 0 heterocycles. The SMILES string of the molecule is COc1ccc([Te](Cl)(Cl)c2cc(C)ccc2N=Cc2ccc3ccc4cccc5ccc2c3c45)cc1. The molecule has 6 aromatic rings. The second kappa shape index (κ2) is 9.25. The molecule has 36 heavy (non-hydrogen) atoms. The number of hydrogen-bond acceptors (Lipinski definition) is 2. The van der Waals surface area contributed by atoms with Crippen LogP contribution in [0.2, 0.25) is 0 Å². The summed E-state index contributed by atoms with van der Waals surface area (Å²) in [6.07, 6.45) is 1.95. The minimum atomic E-state index is -3.69. The molecule has 0 saturated carbocycles. The monoisotopic (exact) mass is 625 g/mol. The average Bonchev–Trinajstić information content (AvgIpc) is 2.91. The normalized spacial score (nSPS) is 12.8. The summed E-state index contributed by atoms with van der Waals surface area (Å²) >= 11 is -3.69. The van der Waals surface area contributed by atoms with Gasteiger partial charge in [-0.05, 0) is 0 Å². The van der Waals surface area contributed by atoms with Crippen LogP contribution in [0.1, 0.15) is 11.1 Å². The molecule has 0 amide bonds. The number of ether oxygens (including phenoxy) is 1. The minimum absolute atomic E-state index is 0.780. The number of methoxy groups -OCH3 is 1. The van der Waals surface area contributed by atoms with Crippen molar-refractivity contribution in [1.82, 2.24) is 0 Å². The fourth-order valence-electron chi connectivity index (χ4n) is 4.82. The van der Waals surface area contributed by atoms with Crippen molar-refractivity contribution < 1.29 is 4.74 Å². The summed E-state index contributed by atoms with van der Waals surface area (Å²) in [5.74, 6) is 0.780. The van der Waals surface area contributed by atoms with Gasteiger partial charge in [-0.3, -0.25) is 0 Å². The van der Waals surface area contributed by atoms with Crippen LogP contribution in [0.4, 0.5) is 5.69 Å². The number of hydrogen-bond donors (Lipinski definition) is 0. The Morgan fingerprint density at radius 1 is 0.750 bits per heavy atom. The number of aliphatic imine (C=N–C) groups is 1. The first kappa shape index (κ1) is 23.6. The second-order valence-corrected chi connectivity index (χ2v) is 21.4. The van der Waals surface area contributed by atoms with Gasteiger partial charge >= 0.3 is 223 Å². The Hall–Kier alpha value is -2.80. The summed E-state index contributed by atoms with van der Waals surface area (Å²) in [7, 11) is 16.0. The number of nitrogens with zero attached hydrogens (tertiary/aromatic N) is 1. The van der Waals surface area contributed by atoms with Gasteiger partial charge in [0.2, 0.25) is 0 Å². The number of rotatable bonds is 5. The Morgan fingerprint density at radius 2 is 1.42 bits per heavy atom. The molecule has 178 valence electrons. The first-order chi connectivity index (χ1) is 17.5. The van der Waals surface area contributed by atoms with E-state index < -0.39 is 15.9 Å². The number of benzene rings is 6. The zero-order chi connectivity index (χ0) is 24.9. The van der Waals surface area contributed by atoms with Gasteiger partial charge in [0.15, 0.2) is 0 Å². The van der Waals surface area contributed by atoms with Crippen molar-refractivity contribution >= 4 is 85.3 Å². The molecule has 0 fully saturated rings. The van der Waals surface area contributed by atoms with Crippen molar-refractivity contribution in [1.29, 1.82) is 0 Å². The zero-order valence-electron chi connectivity index (χ0n) is 19.8. The van der Waals surface area contributed by atoms with Crippen LogP contribution < -0.4 is 12.0 Å². The van der Waals surface area contributed by atoms with Crippen LogP contribution in [0.15, 0.2) is 102 Å². The van der Waals surface area contributed by atoms with Crippen LogP contribution in [-0.4, -0.2) is 29.3 Å². The molecular weight excluding hydrogens is 601 g/mol. The molecule has 6 rings (SSSR count). The molecule has 0 aliphatic rings. The Morgan fingerprint density at radius 3 is 2.14 bits per heavy atom. The standard InChI is InChI=1S/C31H23Cl2NOTe/c1-20-6-17-28(29(18-20)36(32,33)26-14-12-25(35-2)13-15-26)34-19-24-10-9-23-8-7-21-4-3-5-22-11-16-27(24)31(23)30(21)22/h3-19H,1-2H3. The first-order valence-electron chi connectivity index (χ1n) is 11.6. The Balaban J connectivity index is 1.47. The van der Waals surface area contributed by atoms with Crippen molar-refractivity contribution in [2.75, 3.05) is 7.11 Å². The molecular formula is C31H23Cl2NOTe. The molecule has 6 aromatic carbocycles. The van der Waals surface area contributed by atoms with Crippen molar-refractivity contribution in [3.63, 3.8) is 0 Å². The van der Waals surface area contributed by atoms with E-state index in [-0.39, 0.29) is 0 Å². The van der Waals surface area contributed by atoms with Crippen LogP contribution in [0.5, 0.6) is 5.75 Å². The van der Waals surface area contributed by atoms with Gasteiger partial charge in [0.05, 0.1) is 0 Å². The van der Waals surface area contributed by atoms with Crippen molar-refractivity contribution in [2.24, 2.45) is 4.99 Å². The van der Waals surface area contributed by atoms with Crippen LogP contribution in [0, 0.1) is 6.92 Å². The molecule has 0 aliphatic heterocycles. The van der Waals surface area contributed by atoms with Gasteiger partial charge in [0, 0.05) is 0 Å². The molecule has 0 spiro atoms. The molecule has 2 nitrogen and oxygen atoms in total. The molecule has 0 radical (unpaired) electrons. The van der Waals surface area contributed by atoms with E-state index in [1.165, 1.54) is 32.3 Å². The molecule has 0 atom stereocenters. The van der Waals surface area contributed by atoms with Crippen LogP contribution in [-0.2, 0) is 0 Å². The summed E-state index contributed by atoms with van der Waals surface area (Å²) in [4.78, 5) is 4.95. The molecule has 0 bridgehead atoms. The Labute approximate surface area is 221 Å². The molecule has 0 unspecified atom stereocenters. The van der Waals surface area contributed by atoms with E-state index in [2.05, 4.69) is 73.7 Å². The van der Waals surface area contributed by atoms with Gasteiger partial charge in [0.1, 0.15) is 0 Å². The van der Waals surface area contributed by atoms with Crippen LogP contribution in [0.25, 0.3) is 32.3 Å². The molecule has 0 aliphatic carbocycles. The summed E-state index contributed by atoms with van der Waals surface area (Å²) in [6, 6.07) is 33.5. The summed E-state index contributed by atoms with van der Waals surface area (Å²) in [5.41, 5.74) is 2.99. The van der Waals surface area contributed by atoms with Crippen LogP contribution in [0.3, 0.4) is 0 Å². The van der Waals surface area contributed by atoms with Crippen molar-refractivity contribution in [3.8, 4) is 5.75 Å². The van der Waals surface area contributed by atoms with Crippen LogP contribution >= 0.6 is 17.9 Å². The third kappa shape index (κ3) is 4.01. The maximum absolute atomic E-state index is 7.18. The van der Waals surface area contributed by atoms with E-state index in [1.54, 1.807) is 7.11 Å². The van der Waals surface area contributed by atoms with Gasteiger partial charge in [-0.2, -0.15) is 0 Å². The molecule has 0 saturated heterocycles. The third-order valence-corrected chi connectivity index (χ3v) is 16.2. The zero-order valence-corrected chi connectivity index (χ0v) is 23.7. The Bertz CT molecular complexity index is 1740. The van der Waals surface area contributed by atoms with E-state index in [4.69, 9.17) is 27.7 Å². The quantitative estimate of drug-likeness (QED) is 0.110.